The second-order valence-electron chi connectivity index (χ2n) is 5.42. The Hall–Kier alpha value is -3.00. The van der Waals surface area contributed by atoms with Crippen LogP contribution in [0.2, 0.25) is 0 Å². The molecule has 2 heteroatoms. The molecule has 0 aromatic heterocycles. The maximum atomic E-state index is 12.5. The molecule has 0 bridgehead atoms. The predicted molar refractivity (Wildman–Crippen MR) is 90.9 cm³/mol. The lowest BCUT2D eigenvalue weighted by Gasteiger charge is -2.08. The fourth-order valence-electron chi connectivity index (χ4n) is 2.56. The molecule has 3 aromatic rings. The van der Waals surface area contributed by atoms with Crippen molar-refractivity contribution in [1.29, 1.82) is 0 Å². The standard InChI is InChI=1S/C21H16O2/c1-15-14-18(20(22)16-8-4-2-5-9-16)12-13-19(15)21(23)17-10-6-3-7-11-17/h2-14H,1H3. The van der Waals surface area contributed by atoms with E-state index in [1.54, 1.807) is 42.5 Å². The second kappa shape index (κ2) is 6.41. The molecule has 0 radical (unpaired) electrons. The van der Waals surface area contributed by atoms with Crippen molar-refractivity contribution < 1.29 is 9.59 Å². The lowest BCUT2D eigenvalue weighted by Crippen LogP contribution is -2.06. The van der Waals surface area contributed by atoms with E-state index >= 15 is 0 Å². The van der Waals surface area contributed by atoms with E-state index in [4.69, 9.17) is 0 Å². The van der Waals surface area contributed by atoms with Crippen LogP contribution in [0.1, 0.15) is 37.4 Å². The fraction of sp³-hybridized carbons (Fsp3) is 0.0476. The van der Waals surface area contributed by atoms with Gasteiger partial charge in [-0.15, -0.1) is 0 Å². The highest BCUT2D eigenvalue weighted by Crippen LogP contribution is 2.18. The molecule has 3 rings (SSSR count). The number of hydrogen-bond acceptors (Lipinski definition) is 2. The third-order valence-electron chi connectivity index (χ3n) is 3.81. The molecule has 0 aliphatic rings. The van der Waals surface area contributed by atoms with Gasteiger partial charge in [0.15, 0.2) is 11.6 Å². The third-order valence-corrected chi connectivity index (χ3v) is 3.81. The van der Waals surface area contributed by atoms with Gasteiger partial charge in [-0.3, -0.25) is 9.59 Å². The highest BCUT2D eigenvalue weighted by molar-refractivity contribution is 6.12. The smallest absolute Gasteiger partial charge is 0.193 e. The summed E-state index contributed by atoms with van der Waals surface area (Å²) in [4.78, 5) is 25.0. The van der Waals surface area contributed by atoms with Gasteiger partial charge in [-0.2, -0.15) is 0 Å². The summed E-state index contributed by atoms with van der Waals surface area (Å²) in [6.07, 6.45) is 0. The van der Waals surface area contributed by atoms with Crippen molar-refractivity contribution >= 4 is 11.6 Å². The van der Waals surface area contributed by atoms with E-state index in [2.05, 4.69) is 0 Å². The molecule has 0 aliphatic carbocycles. The molecule has 112 valence electrons. The number of benzene rings is 3. The molecule has 0 amide bonds. The molecule has 0 spiro atoms. The van der Waals surface area contributed by atoms with Crippen LogP contribution in [0.25, 0.3) is 0 Å². The Balaban J connectivity index is 1.93. The van der Waals surface area contributed by atoms with E-state index in [-0.39, 0.29) is 11.6 Å². The van der Waals surface area contributed by atoms with Gasteiger partial charge < -0.3 is 0 Å². The molecule has 0 unspecified atom stereocenters. The summed E-state index contributed by atoms with van der Waals surface area (Å²) in [5.74, 6) is -0.0609. The number of ketones is 2. The normalized spacial score (nSPS) is 10.3. The molecular weight excluding hydrogens is 284 g/mol. The first kappa shape index (κ1) is 14.9. The number of aryl methyl sites for hydroxylation is 1. The molecule has 0 saturated carbocycles. The summed E-state index contributed by atoms with van der Waals surface area (Å²) in [7, 11) is 0. The van der Waals surface area contributed by atoms with Gasteiger partial charge in [-0.1, -0.05) is 72.8 Å². The Labute approximate surface area is 135 Å². The summed E-state index contributed by atoms with van der Waals surface area (Å²) in [6, 6.07) is 23.5. The Morgan fingerprint density at radius 2 is 1.13 bits per heavy atom. The Bertz CT molecular complexity index is 850. The summed E-state index contributed by atoms with van der Waals surface area (Å²) >= 11 is 0. The van der Waals surface area contributed by atoms with Crippen LogP contribution in [0.15, 0.2) is 78.9 Å². The Morgan fingerprint density at radius 1 is 0.609 bits per heavy atom. The average Bonchev–Trinajstić information content (AvgIpc) is 2.62. The van der Waals surface area contributed by atoms with Crippen molar-refractivity contribution in [2.75, 3.05) is 0 Å². The summed E-state index contributed by atoms with van der Waals surface area (Å²) in [5, 5.41) is 0. The van der Waals surface area contributed by atoms with Gasteiger partial charge in [0.05, 0.1) is 0 Å². The van der Waals surface area contributed by atoms with Crippen molar-refractivity contribution in [3.8, 4) is 0 Å². The first-order chi connectivity index (χ1) is 11.2. The minimum atomic E-state index is -0.0348. The van der Waals surface area contributed by atoms with Crippen LogP contribution in [0.4, 0.5) is 0 Å². The van der Waals surface area contributed by atoms with Gasteiger partial charge in [-0.25, -0.2) is 0 Å². The lowest BCUT2D eigenvalue weighted by atomic mass is 9.95. The monoisotopic (exact) mass is 300 g/mol. The quantitative estimate of drug-likeness (QED) is 0.667. The molecule has 0 atom stereocenters. The zero-order valence-electron chi connectivity index (χ0n) is 12.8. The van der Waals surface area contributed by atoms with Gasteiger partial charge >= 0.3 is 0 Å². The van der Waals surface area contributed by atoms with E-state index in [0.29, 0.717) is 22.3 Å². The minimum Gasteiger partial charge on any atom is -0.289 e. The fourth-order valence-corrected chi connectivity index (χ4v) is 2.56. The largest absolute Gasteiger partial charge is 0.289 e. The van der Waals surface area contributed by atoms with Crippen LogP contribution in [-0.2, 0) is 0 Å². The van der Waals surface area contributed by atoms with Crippen molar-refractivity contribution in [2.45, 2.75) is 6.92 Å². The van der Waals surface area contributed by atoms with Crippen molar-refractivity contribution in [3.63, 3.8) is 0 Å². The van der Waals surface area contributed by atoms with Crippen LogP contribution in [0, 0.1) is 6.92 Å². The Kier molecular flexibility index (Phi) is 4.15. The van der Waals surface area contributed by atoms with E-state index in [1.807, 2.05) is 43.3 Å². The van der Waals surface area contributed by atoms with Crippen LogP contribution in [0.5, 0.6) is 0 Å². The highest BCUT2D eigenvalue weighted by Gasteiger charge is 2.14. The van der Waals surface area contributed by atoms with E-state index in [9.17, 15) is 9.59 Å². The van der Waals surface area contributed by atoms with Crippen LogP contribution in [-0.4, -0.2) is 11.6 Å². The van der Waals surface area contributed by atoms with Crippen LogP contribution >= 0.6 is 0 Å². The number of rotatable bonds is 4. The SMILES string of the molecule is Cc1cc(C(=O)c2ccccc2)ccc1C(=O)c1ccccc1. The molecule has 23 heavy (non-hydrogen) atoms. The summed E-state index contributed by atoms with van der Waals surface area (Å²) < 4.78 is 0. The average molecular weight is 300 g/mol. The van der Waals surface area contributed by atoms with E-state index in [0.717, 1.165) is 5.56 Å². The first-order valence-corrected chi connectivity index (χ1v) is 7.47. The highest BCUT2D eigenvalue weighted by atomic mass is 16.1. The molecular formula is C21H16O2. The van der Waals surface area contributed by atoms with Gasteiger partial charge in [0.1, 0.15) is 0 Å². The molecule has 2 nitrogen and oxygen atoms in total. The number of carbonyl (C=O) groups excluding carboxylic acids is 2. The maximum absolute atomic E-state index is 12.5. The zero-order valence-corrected chi connectivity index (χ0v) is 12.8. The Morgan fingerprint density at radius 3 is 1.65 bits per heavy atom. The lowest BCUT2D eigenvalue weighted by molar-refractivity contribution is 0.102. The van der Waals surface area contributed by atoms with E-state index in [1.165, 1.54) is 0 Å². The minimum absolute atomic E-state index is 0.0261. The maximum Gasteiger partial charge on any atom is 0.193 e. The van der Waals surface area contributed by atoms with E-state index < -0.39 is 0 Å². The van der Waals surface area contributed by atoms with Gasteiger partial charge in [0.25, 0.3) is 0 Å². The van der Waals surface area contributed by atoms with Crippen molar-refractivity contribution in [1.82, 2.24) is 0 Å². The van der Waals surface area contributed by atoms with Crippen molar-refractivity contribution in [3.05, 3.63) is 107 Å². The molecule has 0 heterocycles. The topological polar surface area (TPSA) is 34.1 Å². The van der Waals surface area contributed by atoms with Gasteiger partial charge in [0.2, 0.25) is 0 Å². The predicted octanol–water partition coefficient (Wildman–Crippen LogP) is 4.46. The number of hydrogen-bond donors (Lipinski definition) is 0. The number of carbonyl (C=O) groups is 2. The molecule has 0 N–H and O–H groups in total. The van der Waals surface area contributed by atoms with Crippen LogP contribution < -0.4 is 0 Å². The molecule has 3 aromatic carbocycles. The summed E-state index contributed by atoms with van der Waals surface area (Å²) in [5.41, 5.74) is 3.33. The second-order valence-corrected chi connectivity index (χ2v) is 5.42. The van der Waals surface area contributed by atoms with Gasteiger partial charge in [-0.05, 0) is 18.6 Å². The van der Waals surface area contributed by atoms with Crippen LogP contribution in [0.3, 0.4) is 0 Å². The van der Waals surface area contributed by atoms with Gasteiger partial charge in [0, 0.05) is 22.3 Å². The molecule has 0 saturated heterocycles. The molecule has 0 aliphatic heterocycles. The first-order valence-electron chi connectivity index (χ1n) is 7.47. The van der Waals surface area contributed by atoms with Crippen molar-refractivity contribution in [2.24, 2.45) is 0 Å². The molecule has 0 fully saturated rings. The summed E-state index contributed by atoms with van der Waals surface area (Å²) in [6.45, 7) is 1.86. The third kappa shape index (κ3) is 3.11. The zero-order chi connectivity index (χ0) is 16.2.